The molecule has 1 saturated carbocycles. The Labute approximate surface area is 160 Å². The van der Waals surface area contributed by atoms with Crippen molar-refractivity contribution in [3.63, 3.8) is 0 Å². The molecule has 1 atom stereocenters. The standard InChI is InChI=1S/C19H29N5O3/c1-26-17-11-21-12-18(22-17)27-19(25)24-10-9-23(15-3-2-4-15)13-16(24)14-5-7-20-8-6-14/h11-12,14-16,20H,2-10,13H2,1H3. The van der Waals surface area contributed by atoms with Crippen LogP contribution in [0.3, 0.4) is 0 Å². The van der Waals surface area contributed by atoms with Crippen LogP contribution in [0.5, 0.6) is 11.8 Å². The van der Waals surface area contributed by atoms with Crippen molar-refractivity contribution < 1.29 is 14.3 Å². The summed E-state index contributed by atoms with van der Waals surface area (Å²) in [5, 5.41) is 3.43. The van der Waals surface area contributed by atoms with Crippen LogP contribution in [-0.4, -0.2) is 77.8 Å². The van der Waals surface area contributed by atoms with Crippen LogP contribution in [0.15, 0.2) is 12.4 Å². The minimum atomic E-state index is -0.325. The Balaban J connectivity index is 1.46. The summed E-state index contributed by atoms with van der Waals surface area (Å²) < 4.78 is 10.6. The molecule has 3 fully saturated rings. The van der Waals surface area contributed by atoms with Gasteiger partial charge in [0.05, 0.1) is 25.5 Å². The summed E-state index contributed by atoms with van der Waals surface area (Å²) in [6.45, 7) is 4.63. The monoisotopic (exact) mass is 375 g/mol. The van der Waals surface area contributed by atoms with E-state index in [1.807, 2.05) is 4.90 Å². The number of aromatic nitrogens is 2. The van der Waals surface area contributed by atoms with Crippen molar-refractivity contribution in [2.24, 2.45) is 5.92 Å². The first-order chi connectivity index (χ1) is 13.2. The number of carbonyl (C=O) groups is 1. The first-order valence-corrected chi connectivity index (χ1v) is 10.0. The molecule has 1 aliphatic carbocycles. The van der Waals surface area contributed by atoms with E-state index in [-0.39, 0.29) is 18.0 Å². The van der Waals surface area contributed by atoms with E-state index in [1.165, 1.54) is 38.8 Å². The van der Waals surface area contributed by atoms with Gasteiger partial charge in [0.15, 0.2) is 0 Å². The first-order valence-electron chi connectivity index (χ1n) is 10.0. The van der Waals surface area contributed by atoms with Crippen LogP contribution in [0.2, 0.25) is 0 Å². The van der Waals surface area contributed by atoms with Crippen molar-refractivity contribution in [1.82, 2.24) is 25.1 Å². The molecule has 2 aliphatic heterocycles. The van der Waals surface area contributed by atoms with Crippen molar-refractivity contribution in [3.8, 4) is 11.8 Å². The fourth-order valence-electron chi connectivity index (χ4n) is 4.40. The van der Waals surface area contributed by atoms with Crippen molar-refractivity contribution in [1.29, 1.82) is 0 Å². The zero-order valence-corrected chi connectivity index (χ0v) is 16.0. The predicted octanol–water partition coefficient (Wildman–Crippen LogP) is 1.52. The van der Waals surface area contributed by atoms with Crippen molar-refractivity contribution >= 4 is 6.09 Å². The van der Waals surface area contributed by atoms with Crippen LogP contribution >= 0.6 is 0 Å². The summed E-state index contributed by atoms with van der Waals surface area (Å²) in [6, 6.07) is 0.907. The molecule has 0 spiro atoms. The second-order valence-electron chi connectivity index (χ2n) is 7.70. The third-order valence-electron chi connectivity index (χ3n) is 6.19. The van der Waals surface area contributed by atoms with Gasteiger partial charge in [0, 0.05) is 25.7 Å². The van der Waals surface area contributed by atoms with Crippen LogP contribution in [0, 0.1) is 5.92 Å². The van der Waals surface area contributed by atoms with E-state index in [9.17, 15) is 4.79 Å². The van der Waals surface area contributed by atoms with Gasteiger partial charge in [-0.3, -0.25) is 9.88 Å². The second kappa shape index (κ2) is 8.39. The largest absolute Gasteiger partial charge is 0.480 e. The zero-order valence-electron chi connectivity index (χ0n) is 16.0. The Morgan fingerprint density at radius 3 is 2.63 bits per heavy atom. The molecule has 1 N–H and O–H groups in total. The molecule has 2 saturated heterocycles. The number of hydrogen-bond donors (Lipinski definition) is 1. The van der Waals surface area contributed by atoms with Gasteiger partial charge in [-0.25, -0.2) is 4.79 Å². The Bertz CT molecular complexity index is 648. The molecule has 3 aliphatic rings. The van der Waals surface area contributed by atoms with Crippen LogP contribution in [0.25, 0.3) is 0 Å². The fourth-order valence-corrected chi connectivity index (χ4v) is 4.40. The lowest BCUT2D eigenvalue weighted by atomic mass is 9.85. The van der Waals surface area contributed by atoms with Gasteiger partial charge in [0.25, 0.3) is 0 Å². The van der Waals surface area contributed by atoms with Crippen molar-refractivity contribution in [2.75, 3.05) is 39.8 Å². The average molecular weight is 375 g/mol. The van der Waals surface area contributed by atoms with Crippen molar-refractivity contribution in [3.05, 3.63) is 12.4 Å². The van der Waals surface area contributed by atoms with E-state index < -0.39 is 0 Å². The topological polar surface area (TPSA) is 79.8 Å². The molecule has 0 bridgehead atoms. The lowest BCUT2D eigenvalue weighted by molar-refractivity contribution is 0.00441. The Morgan fingerprint density at radius 2 is 1.93 bits per heavy atom. The number of nitrogens with zero attached hydrogens (tertiary/aromatic N) is 4. The number of nitrogens with one attached hydrogen (secondary N) is 1. The first kappa shape index (κ1) is 18.4. The molecule has 0 radical (unpaired) electrons. The van der Waals surface area contributed by atoms with Gasteiger partial charge in [0.2, 0.25) is 11.8 Å². The zero-order chi connectivity index (χ0) is 18.6. The highest BCUT2D eigenvalue weighted by Crippen LogP contribution is 2.31. The van der Waals surface area contributed by atoms with Gasteiger partial charge in [0.1, 0.15) is 0 Å². The third kappa shape index (κ3) is 4.16. The molecule has 27 heavy (non-hydrogen) atoms. The van der Waals surface area contributed by atoms with Crippen LogP contribution in [0.1, 0.15) is 32.1 Å². The number of amides is 1. The molecule has 8 heteroatoms. The molecular formula is C19H29N5O3. The molecule has 148 valence electrons. The number of ether oxygens (including phenoxy) is 2. The number of piperazine rings is 1. The van der Waals surface area contributed by atoms with Gasteiger partial charge in [-0.05, 0) is 44.7 Å². The van der Waals surface area contributed by atoms with E-state index in [0.29, 0.717) is 24.4 Å². The van der Waals surface area contributed by atoms with Gasteiger partial charge >= 0.3 is 6.09 Å². The van der Waals surface area contributed by atoms with Crippen LogP contribution < -0.4 is 14.8 Å². The molecule has 4 rings (SSSR count). The van der Waals surface area contributed by atoms with Gasteiger partial charge < -0.3 is 19.7 Å². The number of hydrogen-bond acceptors (Lipinski definition) is 7. The molecule has 1 aromatic heterocycles. The fraction of sp³-hybridized carbons (Fsp3) is 0.737. The molecule has 1 amide bonds. The summed E-state index contributed by atoms with van der Waals surface area (Å²) in [6.07, 6.45) is 8.74. The molecule has 3 heterocycles. The number of methoxy groups -OCH3 is 1. The summed E-state index contributed by atoms with van der Waals surface area (Å²) in [4.78, 5) is 25.6. The van der Waals surface area contributed by atoms with Gasteiger partial charge in [-0.1, -0.05) is 6.42 Å². The van der Waals surface area contributed by atoms with E-state index >= 15 is 0 Å². The lowest BCUT2D eigenvalue weighted by Gasteiger charge is -2.49. The lowest BCUT2D eigenvalue weighted by Crippen LogP contribution is -2.62. The Morgan fingerprint density at radius 1 is 1.15 bits per heavy atom. The summed E-state index contributed by atoms with van der Waals surface area (Å²) in [5.74, 6) is 1.04. The normalized spacial score (nSPS) is 25.1. The summed E-state index contributed by atoms with van der Waals surface area (Å²) >= 11 is 0. The van der Waals surface area contributed by atoms with E-state index in [0.717, 1.165) is 39.0 Å². The van der Waals surface area contributed by atoms with Gasteiger partial charge in [-0.2, -0.15) is 4.98 Å². The molecule has 0 aromatic carbocycles. The third-order valence-corrected chi connectivity index (χ3v) is 6.19. The SMILES string of the molecule is COc1cncc(OC(=O)N2CCN(C3CCC3)CC2C2CCNCC2)n1. The highest BCUT2D eigenvalue weighted by Gasteiger charge is 2.40. The van der Waals surface area contributed by atoms with E-state index in [1.54, 1.807) is 0 Å². The number of piperidine rings is 1. The predicted molar refractivity (Wildman–Crippen MR) is 99.9 cm³/mol. The molecule has 1 unspecified atom stereocenters. The Kier molecular flexibility index (Phi) is 5.73. The van der Waals surface area contributed by atoms with E-state index in [4.69, 9.17) is 9.47 Å². The quantitative estimate of drug-likeness (QED) is 0.855. The van der Waals surface area contributed by atoms with Crippen LogP contribution in [0.4, 0.5) is 4.79 Å². The average Bonchev–Trinajstić information content (AvgIpc) is 2.67. The smallest absolute Gasteiger partial charge is 0.416 e. The second-order valence-corrected chi connectivity index (χ2v) is 7.70. The highest BCUT2D eigenvalue weighted by atomic mass is 16.6. The summed E-state index contributed by atoms with van der Waals surface area (Å²) in [7, 11) is 1.52. The van der Waals surface area contributed by atoms with Gasteiger partial charge in [-0.15, -0.1) is 0 Å². The van der Waals surface area contributed by atoms with Crippen molar-refractivity contribution in [2.45, 2.75) is 44.2 Å². The highest BCUT2D eigenvalue weighted by molar-refractivity contribution is 5.70. The van der Waals surface area contributed by atoms with Crippen LogP contribution in [-0.2, 0) is 0 Å². The molecule has 8 nitrogen and oxygen atoms in total. The maximum absolute atomic E-state index is 12.9. The maximum Gasteiger partial charge on any atom is 0.416 e. The molecule has 1 aromatic rings. The minimum absolute atomic E-state index is 0.185. The summed E-state index contributed by atoms with van der Waals surface area (Å²) in [5.41, 5.74) is 0. The number of carbonyl (C=O) groups excluding carboxylic acids is 1. The maximum atomic E-state index is 12.9. The minimum Gasteiger partial charge on any atom is -0.480 e. The Hall–Kier alpha value is -1.93. The van der Waals surface area contributed by atoms with E-state index in [2.05, 4.69) is 20.2 Å². The number of rotatable bonds is 4. The molecular weight excluding hydrogens is 346 g/mol.